The molecule has 2 aromatic heterocycles. The molecule has 6 nitrogen and oxygen atoms in total. The van der Waals surface area contributed by atoms with Gasteiger partial charge in [0.05, 0.1) is 11.9 Å². The highest BCUT2D eigenvalue weighted by molar-refractivity contribution is 5.55. The van der Waals surface area contributed by atoms with Gasteiger partial charge in [-0.1, -0.05) is 28.6 Å². The van der Waals surface area contributed by atoms with E-state index in [4.69, 9.17) is 10.3 Å². The van der Waals surface area contributed by atoms with E-state index in [0.29, 0.717) is 11.4 Å². The predicted octanol–water partition coefficient (Wildman–Crippen LogP) is 1.50. The monoisotopic (exact) mass is 227 g/mol. The summed E-state index contributed by atoms with van der Waals surface area (Å²) in [7, 11) is 0. The lowest BCUT2D eigenvalue weighted by Gasteiger charge is -1.96. The van der Waals surface area contributed by atoms with Crippen molar-refractivity contribution in [2.24, 2.45) is 0 Å². The SMILES string of the molecule is Nc1cc(-c2cn(-c3ccccc3)nn2)no1. The van der Waals surface area contributed by atoms with E-state index in [2.05, 4.69) is 15.5 Å². The summed E-state index contributed by atoms with van der Waals surface area (Å²) in [5, 5.41) is 11.8. The van der Waals surface area contributed by atoms with Gasteiger partial charge in [-0.2, -0.15) is 0 Å². The van der Waals surface area contributed by atoms with Crippen LogP contribution in [-0.2, 0) is 0 Å². The number of nitrogens with two attached hydrogens (primary N) is 1. The fourth-order valence-electron chi connectivity index (χ4n) is 1.50. The van der Waals surface area contributed by atoms with Gasteiger partial charge in [-0.15, -0.1) is 5.10 Å². The molecule has 0 aliphatic rings. The Bertz CT molecular complexity index is 628. The predicted molar refractivity (Wildman–Crippen MR) is 61.3 cm³/mol. The van der Waals surface area contributed by atoms with E-state index >= 15 is 0 Å². The van der Waals surface area contributed by atoms with Crippen LogP contribution in [0.2, 0.25) is 0 Å². The topological polar surface area (TPSA) is 82.8 Å². The van der Waals surface area contributed by atoms with Crippen LogP contribution >= 0.6 is 0 Å². The summed E-state index contributed by atoms with van der Waals surface area (Å²) in [6.45, 7) is 0. The molecule has 0 amide bonds. The summed E-state index contributed by atoms with van der Waals surface area (Å²) in [4.78, 5) is 0. The van der Waals surface area contributed by atoms with Gasteiger partial charge in [0.15, 0.2) is 0 Å². The van der Waals surface area contributed by atoms with Crippen molar-refractivity contribution in [2.45, 2.75) is 0 Å². The first-order valence-electron chi connectivity index (χ1n) is 5.03. The third-order valence-electron chi connectivity index (χ3n) is 2.30. The molecule has 1 aromatic carbocycles. The van der Waals surface area contributed by atoms with Crippen LogP contribution in [0.5, 0.6) is 0 Å². The molecule has 0 aliphatic carbocycles. The van der Waals surface area contributed by atoms with Crippen molar-refractivity contribution in [3.63, 3.8) is 0 Å². The Labute approximate surface area is 96.6 Å². The lowest BCUT2D eigenvalue weighted by molar-refractivity contribution is 0.439. The van der Waals surface area contributed by atoms with E-state index < -0.39 is 0 Å². The van der Waals surface area contributed by atoms with E-state index in [1.807, 2.05) is 30.3 Å². The van der Waals surface area contributed by atoms with Gasteiger partial charge in [0.2, 0.25) is 5.88 Å². The van der Waals surface area contributed by atoms with Crippen LogP contribution in [-0.4, -0.2) is 20.2 Å². The molecule has 84 valence electrons. The molecule has 3 aromatic rings. The number of benzene rings is 1. The van der Waals surface area contributed by atoms with E-state index in [9.17, 15) is 0 Å². The van der Waals surface area contributed by atoms with Gasteiger partial charge < -0.3 is 10.3 Å². The van der Waals surface area contributed by atoms with E-state index in [1.165, 1.54) is 0 Å². The molecule has 3 rings (SSSR count). The van der Waals surface area contributed by atoms with E-state index in [0.717, 1.165) is 5.69 Å². The van der Waals surface area contributed by atoms with Gasteiger partial charge in [0, 0.05) is 6.07 Å². The first-order chi connectivity index (χ1) is 8.33. The maximum Gasteiger partial charge on any atom is 0.222 e. The van der Waals surface area contributed by atoms with Gasteiger partial charge in [-0.3, -0.25) is 0 Å². The Kier molecular flexibility index (Phi) is 2.11. The molecular formula is C11H9N5O. The van der Waals surface area contributed by atoms with Crippen molar-refractivity contribution >= 4 is 5.88 Å². The molecule has 0 aliphatic heterocycles. The summed E-state index contributed by atoms with van der Waals surface area (Å²) >= 11 is 0. The molecule has 0 atom stereocenters. The molecule has 0 saturated heterocycles. The Morgan fingerprint density at radius 3 is 2.65 bits per heavy atom. The molecular weight excluding hydrogens is 218 g/mol. The Morgan fingerprint density at radius 2 is 1.94 bits per heavy atom. The summed E-state index contributed by atoms with van der Waals surface area (Å²) in [5.74, 6) is 0.259. The first kappa shape index (κ1) is 9.59. The molecule has 0 saturated carbocycles. The standard InChI is InChI=1S/C11H9N5O/c12-11-6-9(14-17-11)10-7-16(15-13-10)8-4-2-1-3-5-8/h1-7H,12H2. The van der Waals surface area contributed by atoms with Crippen LogP contribution in [0.4, 0.5) is 5.88 Å². The van der Waals surface area contributed by atoms with Gasteiger partial charge in [-0.05, 0) is 12.1 Å². The number of hydrogen-bond acceptors (Lipinski definition) is 5. The number of aromatic nitrogens is 4. The second-order valence-electron chi connectivity index (χ2n) is 3.50. The number of rotatable bonds is 2. The summed E-state index contributed by atoms with van der Waals surface area (Å²) in [5.41, 5.74) is 7.58. The van der Waals surface area contributed by atoms with Gasteiger partial charge in [0.1, 0.15) is 11.4 Å². The Hall–Kier alpha value is -2.63. The smallest absolute Gasteiger partial charge is 0.222 e. The largest absolute Gasteiger partial charge is 0.368 e. The zero-order valence-corrected chi connectivity index (χ0v) is 8.82. The normalized spacial score (nSPS) is 10.6. The molecule has 0 radical (unpaired) electrons. The van der Waals surface area contributed by atoms with Crippen molar-refractivity contribution in [3.8, 4) is 17.1 Å². The minimum absolute atomic E-state index is 0.259. The van der Waals surface area contributed by atoms with Crippen molar-refractivity contribution in [2.75, 3.05) is 5.73 Å². The molecule has 0 fully saturated rings. The Morgan fingerprint density at radius 1 is 1.12 bits per heavy atom. The van der Waals surface area contributed by atoms with Gasteiger partial charge >= 0.3 is 0 Å². The van der Waals surface area contributed by atoms with E-state index in [1.54, 1.807) is 16.9 Å². The molecule has 2 N–H and O–H groups in total. The van der Waals surface area contributed by atoms with Crippen LogP contribution in [0, 0.1) is 0 Å². The molecule has 17 heavy (non-hydrogen) atoms. The maximum absolute atomic E-state index is 5.45. The van der Waals surface area contributed by atoms with Crippen LogP contribution in [0.15, 0.2) is 47.1 Å². The van der Waals surface area contributed by atoms with Crippen molar-refractivity contribution in [1.82, 2.24) is 20.2 Å². The minimum atomic E-state index is 0.259. The number of anilines is 1. The van der Waals surface area contributed by atoms with Crippen LogP contribution in [0.25, 0.3) is 17.1 Å². The van der Waals surface area contributed by atoms with Gasteiger partial charge in [0.25, 0.3) is 0 Å². The van der Waals surface area contributed by atoms with Crippen LogP contribution < -0.4 is 5.73 Å². The second-order valence-corrected chi connectivity index (χ2v) is 3.50. The maximum atomic E-state index is 5.45. The summed E-state index contributed by atoms with van der Waals surface area (Å²) < 4.78 is 6.45. The fraction of sp³-hybridized carbons (Fsp3) is 0. The molecule has 6 heteroatoms. The number of nitrogen functional groups attached to an aromatic ring is 1. The number of nitrogens with zero attached hydrogens (tertiary/aromatic N) is 4. The molecule has 2 heterocycles. The quantitative estimate of drug-likeness (QED) is 0.717. The zero-order chi connectivity index (χ0) is 11.7. The van der Waals surface area contributed by atoms with Crippen molar-refractivity contribution in [3.05, 3.63) is 42.6 Å². The van der Waals surface area contributed by atoms with Crippen molar-refractivity contribution < 1.29 is 4.52 Å². The lowest BCUT2D eigenvalue weighted by Crippen LogP contribution is -1.93. The minimum Gasteiger partial charge on any atom is -0.368 e. The second kappa shape index (κ2) is 3.75. The average Bonchev–Trinajstić information content (AvgIpc) is 2.98. The Balaban J connectivity index is 1.99. The third-order valence-corrected chi connectivity index (χ3v) is 2.30. The highest BCUT2D eigenvalue weighted by Gasteiger charge is 2.09. The number of hydrogen-bond donors (Lipinski definition) is 1. The van der Waals surface area contributed by atoms with Crippen LogP contribution in [0.1, 0.15) is 0 Å². The molecule has 0 bridgehead atoms. The molecule has 0 unspecified atom stereocenters. The lowest BCUT2D eigenvalue weighted by atomic mass is 10.3. The summed E-state index contributed by atoms with van der Waals surface area (Å²) in [6, 6.07) is 11.3. The average molecular weight is 227 g/mol. The fourth-order valence-corrected chi connectivity index (χ4v) is 1.50. The third kappa shape index (κ3) is 1.76. The zero-order valence-electron chi connectivity index (χ0n) is 8.82. The summed E-state index contributed by atoms with van der Waals surface area (Å²) in [6.07, 6.45) is 1.77. The van der Waals surface area contributed by atoms with Crippen molar-refractivity contribution in [1.29, 1.82) is 0 Å². The first-order valence-corrected chi connectivity index (χ1v) is 5.03. The number of para-hydroxylation sites is 1. The van der Waals surface area contributed by atoms with Gasteiger partial charge in [-0.25, -0.2) is 4.68 Å². The van der Waals surface area contributed by atoms with E-state index in [-0.39, 0.29) is 5.88 Å². The highest BCUT2D eigenvalue weighted by Crippen LogP contribution is 2.18. The molecule has 0 spiro atoms. The highest BCUT2D eigenvalue weighted by atomic mass is 16.5. The van der Waals surface area contributed by atoms with Crippen LogP contribution in [0.3, 0.4) is 0 Å².